The lowest BCUT2D eigenvalue weighted by Crippen LogP contribution is -2.38. The number of halogens is 2. The van der Waals surface area contributed by atoms with Crippen molar-refractivity contribution in [2.75, 3.05) is 18.0 Å². The summed E-state index contributed by atoms with van der Waals surface area (Å²) in [5.74, 6) is 0.0912. The summed E-state index contributed by atoms with van der Waals surface area (Å²) >= 11 is 5.80. The Kier molecular flexibility index (Phi) is 6.05. The number of aromatic nitrogens is 1. The second kappa shape index (κ2) is 7.79. The molecular formula is C15H23ClFN3. The van der Waals surface area contributed by atoms with E-state index in [1.54, 1.807) is 0 Å². The molecule has 0 aromatic carbocycles. The SMILES string of the molecule is NCCCN(c1ncc(Cl)cc1F)C1CCCCCC1. The summed E-state index contributed by atoms with van der Waals surface area (Å²) in [6.07, 6.45) is 9.54. The highest BCUT2D eigenvalue weighted by atomic mass is 35.5. The number of rotatable bonds is 5. The van der Waals surface area contributed by atoms with Gasteiger partial charge in [-0.15, -0.1) is 0 Å². The molecule has 1 aliphatic rings. The molecule has 5 heteroatoms. The first-order valence-electron chi connectivity index (χ1n) is 7.50. The van der Waals surface area contributed by atoms with E-state index in [1.165, 1.54) is 37.9 Å². The molecule has 0 radical (unpaired) electrons. The molecule has 0 saturated heterocycles. The normalized spacial score (nSPS) is 16.9. The minimum Gasteiger partial charge on any atom is -0.351 e. The highest BCUT2D eigenvalue weighted by molar-refractivity contribution is 6.30. The molecule has 0 aliphatic heterocycles. The molecule has 1 aromatic rings. The number of nitrogens with zero attached hydrogens (tertiary/aromatic N) is 2. The van der Waals surface area contributed by atoms with Crippen LogP contribution in [0.2, 0.25) is 5.02 Å². The predicted molar refractivity (Wildman–Crippen MR) is 81.7 cm³/mol. The van der Waals surface area contributed by atoms with Gasteiger partial charge in [0.05, 0.1) is 5.02 Å². The number of pyridine rings is 1. The zero-order valence-corrected chi connectivity index (χ0v) is 12.6. The predicted octanol–water partition coefficient (Wildman–Crippen LogP) is 3.75. The minimum absolute atomic E-state index is 0.334. The van der Waals surface area contributed by atoms with Crippen molar-refractivity contribution in [1.29, 1.82) is 0 Å². The largest absolute Gasteiger partial charge is 0.351 e. The molecule has 1 heterocycles. The van der Waals surface area contributed by atoms with Gasteiger partial charge in [-0.1, -0.05) is 37.3 Å². The molecule has 2 N–H and O–H groups in total. The third-order valence-electron chi connectivity index (χ3n) is 3.93. The van der Waals surface area contributed by atoms with Crippen molar-refractivity contribution in [3.8, 4) is 0 Å². The molecule has 0 bridgehead atoms. The number of anilines is 1. The van der Waals surface area contributed by atoms with E-state index in [4.69, 9.17) is 17.3 Å². The van der Waals surface area contributed by atoms with Gasteiger partial charge in [0, 0.05) is 18.8 Å². The first-order chi connectivity index (χ1) is 9.72. The van der Waals surface area contributed by atoms with Crippen molar-refractivity contribution >= 4 is 17.4 Å². The van der Waals surface area contributed by atoms with Crippen molar-refractivity contribution in [2.45, 2.75) is 51.0 Å². The van der Waals surface area contributed by atoms with Crippen LogP contribution in [0.3, 0.4) is 0 Å². The van der Waals surface area contributed by atoms with E-state index in [-0.39, 0.29) is 5.82 Å². The maximum absolute atomic E-state index is 14.2. The molecule has 1 fully saturated rings. The lowest BCUT2D eigenvalue weighted by Gasteiger charge is -2.32. The van der Waals surface area contributed by atoms with Gasteiger partial charge in [-0.3, -0.25) is 0 Å². The maximum Gasteiger partial charge on any atom is 0.167 e. The number of hydrogen-bond donors (Lipinski definition) is 1. The third kappa shape index (κ3) is 4.06. The van der Waals surface area contributed by atoms with Crippen LogP contribution in [0.1, 0.15) is 44.9 Å². The van der Waals surface area contributed by atoms with Gasteiger partial charge in [-0.05, 0) is 31.9 Å². The summed E-state index contributed by atoms with van der Waals surface area (Å²) in [7, 11) is 0. The molecule has 1 aromatic heterocycles. The van der Waals surface area contributed by atoms with Crippen LogP contribution in [-0.2, 0) is 0 Å². The molecule has 3 nitrogen and oxygen atoms in total. The summed E-state index contributed by atoms with van der Waals surface area (Å²) in [4.78, 5) is 6.32. The van der Waals surface area contributed by atoms with Crippen LogP contribution >= 0.6 is 11.6 Å². The molecule has 2 rings (SSSR count). The molecule has 20 heavy (non-hydrogen) atoms. The zero-order chi connectivity index (χ0) is 14.4. The minimum atomic E-state index is -0.334. The standard InChI is InChI=1S/C15H23ClFN3/c16-12-10-14(17)15(19-11-12)20(9-5-8-18)13-6-3-1-2-4-7-13/h10-11,13H,1-9,18H2. The van der Waals surface area contributed by atoms with E-state index in [0.717, 1.165) is 25.8 Å². The monoisotopic (exact) mass is 299 g/mol. The molecule has 0 atom stereocenters. The molecule has 1 saturated carbocycles. The Bertz CT molecular complexity index is 420. The molecule has 1 aliphatic carbocycles. The fraction of sp³-hybridized carbons (Fsp3) is 0.667. The van der Waals surface area contributed by atoms with E-state index in [9.17, 15) is 4.39 Å². The second-order valence-electron chi connectivity index (χ2n) is 5.44. The maximum atomic E-state index is 14.2. The summed E-state index contributed by atoms with van der Waals surface area (Å²) in [5.41, 5.74) is 5.62. The van der Waals surface area contributed by atoms with E-state index in [1.807, 2.05) is 0 Å². The first kappa shape index (κ1) is 15.5. The van der Waals surface area contributed by atoms with Crippen LogP contribution in [0.4, 0.5) is 10.2 Å². The highest BCUT2D eigenvalue weighted by Crippen LogP contribution is 2.28. The molecule has 0 unspecified atom stereocenters. The Morgan fingerprint density at radius 3 is 2.60 bits per heavy atom. The Labute approximate surface area is 125 Å². The molecule has 112 valence electrons. The summed E-state index contributed by atoms with van der Waals surface area (Å²) in [6.45, 7) is 1.37. The van der Waals surface area contributed by atoms with Gasteiger partial charge in [0.15, 0.2) is 11.6 Å². The smallest absolute Gasteiger partial charge is 0.167 e. The van der Waals surface area contributed by atoms with Crippen molar-refractivity contribution in [1.82, 2.24) is 4.98 Å². The molecular weight excluding hydrogens is 277 g/mol. The second-order valence-corrected chi connectivity index (χ2v) is 5.88. The number of nitrogens with two attached hydrogens (primary N) is 1. The van der Waals surface area contributed by atoms with Crippen LogP contribution in [0.25, 0.3) is 0 Å². The van der Waals surface area contributed by atoms with E-state index < -0.39 is 0 Å². The van der Waals surface area contributed by atoms with Crippen molar-refractivity contribution in [2.24, 2.45) is 5.73 Å². The highest BCUT2D eigenvalue weighted by Gasteiger charge is 2.23. The van der Waals surface area contributed by atoms with Gasteiger partial charge in [-0.2, -0.15) is 0 Å². The lowest BCUT2D eigenvalue weighted by molar-refractivity contribution is 0.501. The lowest BCUT2D eigenvalue weighted by atomic mass is 10.1. The fourth-order valence-corrected chi connectivity index (χ4v) is 3.06. The van der Waals surface area contributed by atoms with Crippen LogP contribution in [0, 0.1) is 5.82 Å². The van der Waals surface area contributed by atoms with Crippen molar-refractivity contribution in [3.05, 3.63) is 23.1 Å². The van der Waals surface area contributed by atoms with Crippen molar-refractivity contribution in [3.63, 3.8) is 0 Å². The third-order valence-corrected chi connectivity index (χ3v) is 4.14. The van der Waals surface area contributed by atoms with E-state index in [2.05, 4.69) is 9.88 Å². The number of hydrogen-bond acceptors (Lipinski definition) is 3. The summed E-state index contributed by atoms with van der Waals surface area (Å²) in [6, 6.07) is 1.71. The van der Waals surface area contributed by atoms with E-state index in [0.29, 0.717) is 23.4 Å². The van der Waals surface area contributed by atoms with Crippen LogP contribution in [0.5, 0.6) is 0 Å². The summed E-state index contributed by atoms with van der Waals surface area (Å²) < 4.78 is 14.2. The quantitative estimate of drug-likeness (QED) is 0.842. The Morgan fingerprint density at radius 1 is 1.30 bits per heavy atom. The average Bonchev–Trinajstić information content (AvgIpc) is 2.70. The van der Waals surface area contributed by atoms with Gasteiger partial charge in [0.2, 0.25) is 0 Å². The first-order valence-corrected chi connectivity index (χ1v) is 7.88. The Hall–Kier alpha value is -0.870. The average molecular weight is 300 g/mol. The zero-order valence-electron chi connectivity index (χ0n) is 11.8. The Morgan fingerprint density at radius 2 is 2.00 bits per heavy atom. The topological polar surface area (TPSA) is 42.1 Å². The van der Waals surface area contributed by atoms with Crippen LogP contribution in [0.15, 0.2) is 12.3 Å². The summed E-state index contributed by atoms with van der Waals surface area (Å²) in [5, 5.41) is 0.339. The van der Waals surface area contributed by atoms with Crippen molar-refractivity contribution < 1.29 is 4.39 Å². The van der Waals surface area contributed by atoms with Gasteiger partial charge in [0.1, 0.15) is 0 Å². The Balaban J connectivity index is 2.20. The molecule has 0 spiro atoms. The van der Waals surface area contributed by atoms with Crippen LogP contribution < -0.4 is 10.6 Å². The van der Waals surface area contributed by atoms with Crippen LogP contribution in [-0.4, -0.2) is 24.1 Å². The van der Waals surface area contributed by atoms with Gasteiger partial charge in [0.25, 0.3) is 0 Å². The fourth-order valence-electron chi connectivity index (χ4n) is 2.91. The molecule has 0 amide bonds. The van der Waals surface area contributed by atoms with Gasteiger partial charge in [-0.25, -0.2) is 9.37 Å². The van der Waals surface area contributed by atoms with Gasteiger partial charge < -0.3 is 10.6 Å². The van der Waals surface area contributed by atoms with E-state index >= 15 is 0 Å². The van der Waals surface area contributed by atoms with Gasteiger partial charge >= 0.3 is 0 Å².